The van der Waals surface area contributed by atoms with E-state index in [1.165, 1.54) is 6.08 Å². The zero-order chi connectivity index (χ0) is 14.7. The first-order valence-corrected chi connectivity index (χ1v) is 6.40. The lowest BCUT2D eigenvalue weighted by Gasteiger charge is -2.08. The van der Waals surface area contributed by atoms with Gasteiger partial charge in [-0.1, -0.05) is 37.8 Å². The van der Waals surface area contributed by atoms with Gasteiger partial charge < -0.3 is 4.74 Å². The molecule has 0 amide bonds. The Morgan fingerprint density at radius 2 is 1.84 bits per heavy atom. The number of hydrogen-bond acceptors (Lipinski definition) is 1. The summed E-state index contributed by atoms with van der Waals surface area (Å²) in [4.78, 5) is 0. The highest BCUT2D eigenvalue weighted by Crippen LogP contribution is 2.18. The maximum atomic E-state index is 13.7. The summed E-state index contributed by atoms with van der Waals surface area (Å²) < 4.78 is 19.1. The molecular formula is C17H23FO. The van der Waals surface area contributed by atoms with Crippen LogP contribution in [0.25, 0.3) is 0 Å². The van der Waals surface area contributed by atoms with Crippen LogP contribution in [0.4, 0.5) is 4.39 Å². The Balaban J connectivity index is 4.80. The number of hydrogen-bond donors (Lipinski definition) is 0. The fourth-order valence-electron chi connectivity index (χ4n) is 1.26. The molecule has 0 unspecified atom stereocenters. The minimum absolute atomic E-state index is 0.220. The summed E-state index contributed by atoms with van der Waals surface area (Å²) in [5.41, 5.74) is 1.09. The molecule has 0 aliphatic carbocycles. The number of rotatable bonds is 8. The Kier molecular flexibility index (Phi) is 9.15. The summed E-state index contributed by atoms with van der Waals surface area (Å²) in [5.74, 6) is 0.411. The van der Waals surface area contributed by atoms with Crippen LogP contribution >= 0.6 is 0 Å². The molecule has 2 heteroatoms. The van der Waals surface area contributed by atoms with E-state index in [4.69, 9.17) is 4.74 Å². The molecule has 0 saturated heterocycles. The molecule has 0 aliphatic heterocycles. The van der Waals surface area contributed by atoms with Crippen LogP contribution in [0.2, 0.25) is 0 Å². The van der Waals surface area contributed by atoms with E-state index in [1.54, 1.807) is 25.2 Å². The van der Waals surface area contributed by atoms with Gasteiger partial charge in [-0.05, 0) is 51.0 Å². The lowest BCUT2D eigenvalue weighted by atomic mass is 10.2. The van der Waals surface area contributed by atoms with Gasteiger partial charge in [-0.15, -0.1) is 0 Å². The lowest BCUT2D eigenvalue weighted by molar-refractivity contribution is 0.307. The Morgan fingerprint density at radius 3 is 2.32 bits per heavy atom. The molecule has 0 radical (unpaired) electrons. The predicted molar refractivity (Wildman–Crippen MR) is 81.2 cm³/mol. The summed E-state index contributed by atoms with van der Waals surface area (Å²) in [6.07, 6.45) is 11.6. The topological polar surface area (TPSA) is 9.23 Å². The molecule has 0 spiro atoms. The van der Waals surface area contributed by atoms with E-state index in [0.717, 1.165) is 5.57 Å². The van der Waals surface area contributed by atoms with E-state index in [1.807, 2.05) is 26.0 Å². The molecule has 0 N–H and O–H groups in total. The normalized spacial score (nSPS) is 14.3. The van der Waals surface area contributed by atoms with Gasteiger partial charge in [0.1, 0.15) is 5.76 Å². The average molecular weight is 262 g/mol. The van der Waals surface area contributed by atoms with Gasteiger partial charge in [-0.2, -0.15) is 0 Å². The number of ether oxygens (including phenoxy) is 1. The first-order valence-electron chi connectivity index (χ1n) is 6.40. The third kappa shape index (κ3) is 7.24. The van der Waals surface area contributed by atoms with Crippen molar-refractivity contribution < 1.29 is 9.13 Å². The molecule has 0 saturated carbocycles. The van der Waals surface area contributed by atoms with Crippen LogP contribution in [0.3, 0.4) is 0 Å². The Hall–Kier alpha value is -1.83. The SMILES string of the molecule is C=C/C(C)=C\C/C=C(\C=C)OC(=C/C)/C(F)=C\CC. The van der Waals surface area contributed by atoms with Gasteiger partial charge in [0.25, 0.3) is 0 Å². The standard InChI is InChI=1S/C17H23FO/c1-6-11-16(18)17(9-4)19-15(8-3)13-10-12-14(5)7-2/h7-9,11-13H,2-3,6,10H2,1,4-5H3/b14-12-,15-13+,16-11+,17-9+. The molecule has 0 aromatic carbocycles. The molecule has 0 aliphatic rings. The molecule has 0 rings (SSSR count). The third-order valence-electron chi connectivity index (χ3n) is 2.39. The molecule has 0 aromatic heterocycles. The van der Waals surface area contributed by atoms with Crippen molar-refractivity contribution in [2.45, 2.75) is 33.6 Å². The van der Waals surface area contributed by atoms with Gasteiger partial charge in [0.05, 0.1) is 0 Å². The van der Waals surface area contributed by atoms with Crippen LogP contribution in [-0.4, -0.2) is 0 Å². The molecule has 19 heavy (non-hydrogen) atoms. The lowest BCUT2D eigenvalue weighted by Crippen LogP contribution is -1.92. The molecular weight excluding hydrogens is 239 g/mol. The smallest absolute Gasteiger partial charge is 0.161 e. The third-order valence-corrected chi connectivity index (χ3v) is 2.39. The van der Waals surface area contributed by atoms with Crippen LogP contribution < -0.4 is 0 Å². The van der Waals surface area contributed by atoms with E-state index in [2.05, 4.69) is 13.2 Å². The van der Waals surface area contributed by atoms with Crippen molar-refractivity contribution in [2.75, 3.05) is 0 Å². The van der Waals surface area contributed by atoms with Crippen molar-refractivity contribution in [3.8, 4) is 0 Å². The predicted octanol–water partition coefficient (Wildman–Crippen LogP) is 5.76. The Bertz CT molecular complexity index is 423. The molecule has 0 atom stereocenters. The second-order valence-electron chi connectivity index (χ2n) is 3.91. The van der Waals surface area contributed by atoms with Gasteiger partial charge in [0, 0.05) is 0 Å². The zero-order valence-electron chi connectivity index (χ0n) is 12.1. The summed E-state index contributed by atoms with van der Waals surface area (Å²) in [6, 6.07) is 0. The monoisotopic (exact) mass is 262 g/mol. The largest absolute Gasteiger partial charge is 0.455 e. The van der Waals surface area contributed by atoms with Crippen LogP contribution in [0, 0.1) is 0 Å². The maximum absolute atomic E-state index is 13.7. The molecule has 1 nitrogen and oxygen atoms in total. The van der Waals surface area contributed by atoms with Crippen molar-refractivity contribution in [1.29, 1.82) is 0 Å². The number of halogens is 1. The first-order chi connectivity index (χ1) is 9.08. The van der Waals surface area contributed by atoms with E-state index in [-0.39, 0.29) is 11.6 Å². The highest BCUT2D eigenvalue weighted by Gasteiger charge is 2.05. The summed E-state index contributed by atoms with van der Waals surface area (Å²) in [7, 11) is 0. The van der Waals surface area contributed by atoms with Crippen molar-refractivity contribution in [1.82, 2.24) is 0 Å². The van der Waals surface area contributed by atoms with E-state index < -0.39 is 0 Å². The van der Waals surface area contributed by atoms with Crippen LogP contribution in [0.5, 0.6) is 0 Å². The summed E-state index contributed by atoms with van der Waals surface area (Å²) in [6.45, 7) is 12.9. The van der Waals surface area contributed by atoms with Gasteiger partial charge in [0.2, 0.25) is 0 Å². The second-order valence-corrected chi connectivity index (χ2v) is 3.91. The Morgan fingerprint density at radius 1 is 1.16 bits per heavy atom. The minimum Gasteiger partial charge on any atom is -0.455 e. The zero-order valence-corrected chi connectivity index (χ0v) is 12.1. The maximum Gasteiger partial charge on any atom is 0.161 e. The van der Waals surface area contributed by atoms with Crippen molar-refractivity contribution in [2.24, 2.45) is 0 Å². The van der Waals surface area contributed by atoms with E-state index in [9.17, 15) is 4.39 Å². The highest BCUT2D eigenvalue weighted by atomic mass is 19.1. The van der Waals surface area contributed by atoms with Gasteiger partial charge in [-0.25, -0.2) is 4.39 Å². The molecule has 104 valence electrons. The fraction of sp³-hybridized carbons (Fsp3) is 0.294. The quantitative estimate of drug-likeness (QED) is 0.399. The van der Waals surface area contributed by atoms with Gasteiger partial charge in [-0.3, -0.25) is 0 Å². The molecule has 0 bridgehead atoms. The Labute approximate surface area is 116 Å². The van der Waals surface area contributed by atoms with Crippen LogP contribution in [-0.2, 0) is 4.74 Å². The minimum atomic E-state index is -0.351. The molecule has 0 fully saturated rings. The van der Waals surface area contributed by atoms with E-state index >= 15 is 0 Å². The van der Waals surface area contributed by atoms with Gasteiger partial charge >= 0.3 is 0 Å². The second kappa shape index (κ2) is 10.1. The summed E-state index contributed by atoms with van der Waals surface area (Å²) in [5, 5.41) is 0. The summed E-state index contributed by atoms with van der Waals surface area (Å²) >= 11 is 0. The highest BCUT2D eigenvalue weighted by molar-refractivity contribution is 5.24. The van der Waals surface area contributed by atoms with Gasteiger partial charge in [0.15, 0.2) is 11.6 Å². The van der Waals surface area contributed by atoms with Crippen molar-refractivity contribution in [3.05, 3.63) is 72.5 Å². The molecule has 0 aromatic rings. The van der Waals surface area contributed by atoms with E-state index in [0.29, 0.717) is 18.6 Å². The number of allylic oxidation sites excluding steroid dienone is 8. The van der Waals surface area contributed by atoms with Crippen LogP contribution in [0.1, 0.15) is 33.6 Å². The van der Waals surface area contributed by atoms with Crippen molar-refractivity contribution in [3.63, 3.8) is 0 Å². The van der Waals surface area contributed by atoms with Crippen LogP contribution in [0.15, 0.2) is 72.5 Å². The van der Waals surface area contributed by atoms with Crippen molar-refractivity contribution >= 4 is 0 Å². The average Bonchev–Trinajstić information content (AvgIpc) is 2.42. The first kappa shape index (κ1) is 17.2. The fourth-order valence-corrected chi connectivity index (χ4v) is 1.26. The molecule has 0 heterocycles.